The lowest BCUT2D eigenvalue weighted by atomic mass is 9.88. The van der Waals surface area contributed by atoms with E-state index in [0.29, 0.717) is 5.92 Å². The highest BCUT2D eigenvalue weighted by Gasteiger charge is 2.24. The Kier molecular flexibility index (Phi) is 3.85. The van der Waals surface area contributed by atoms with Gasteiger partial charge < -0.3 is 10.5 Å². The molecular formula is C15H21NO. The quantitative estimate of drug-likeness (QED) is 0.809. The minimum absolute atomic E-state index is 0.208. The topological polar surface area (TPSA) is 35.2 Å². The number of nitrogens with two attached hydrogens (primary N) is 1. The van der Waals surface area contributed by atoms with E-state index in [2.05, 4.69) is 25.6 Å². The maximum atomic E-state index is 6.23. The summed E-state index contributed by atoms with van der Waals surface area (Å²) in [5.41, 5.74) is 8.73. The van der Waals surface area contributed by atoms with Gasteiger partial charge in [0.1, 0.15) is 5.75 Å². The van der Waals surface area contributed by atoms with Crippen LogP contribution in [0.25, 0.3) is 0 Å². The zero-order chi connectivity index (χ0) is 12.3. The van der Waals surface area contributed by atoms with Gasteiger partial charge in [0.25, 0.3) is 0 Å². The Hall–Kier alpha value is -1.28. The van der Waals surface area contributed by atoms with Gasteiger partial charge in [-0.25, -0.2) is 0 Å². The summed E-state index contributed by atoms with van der Waals surface area (Å²) in [6, 6.07) is 8.45. The van der Waals surface area contributed by atoms with Crippen molar-refractivity contribution in [3.63, 3.8) is 0 Å². The summed E-state index contributed by atoms with van der Waals surface area (Å²) in [5, 5.41) is 0. The van der Waals surface area contributed by atoms with Crippen molar-refractivity contribution < 1.29 is 4.74 Å². The first kappa shape index (κ1) is 12.2. The Balaban J connectivity index is 1.95. The van der Waals surface area contributed by atoms with Crippen LogP contribution in [-0.4, -0.2) is 12.6 Å². The van der Waals surface area contributed by atoms with Crippen LogP contribution >= 0.6 is 0 Å². The van der Waals surface area contributed by atoms with Crippen molar-refractivity contribution in [2.75, 3.05) is 6.61 Å². The summed E-state index contributed by atoms with van der Waals surface area (Å²) in [4.78, 5) is 0. The number of fused-ring (bicyclic) bond motifs is 1. The first-order valence-corrected chi connectivity index (χ1v) is 6.27. The molecule has 0 radical (unpaired) electrons. The Morgan fingerprint density at radius 1 is 1.53 bits per heavy atom. The summed E-state index contributed by atoms with van der Waals surface area (Å²) < 4.78 is 5.76. The largest absolute Gasteiger partial charge is 0.493 e. The van der Waals surface area contributed by atoms with E-state index in [-0.39, 0.29) is 6.04 Å². The van der Waals surface area contributed by atoms with Crippen LogP contribution in [0, 0.1) is 5.92 Å². The van der Waals surface area contributed by atoms with Gasteiger partial charge in [-0.2, -0.15) is 0 Å². The summed E-state index contributed by atoms with van der Waals surface area (Å²) in [5.74, 6) is 1.46. The second-order valence-electron chi connectivity index (χ2n) is 5.04. The number of hydrogen-bond acceptors (Lipinski definition) is 2. The predicted octanol–water partition coefficient (Wildman–Crippen LogP) is 2.92. The van der Waals surface area contributed by atoms with Gasteiger partial charge in [-0.3, -0.25) is 0 Å². The van der Waals surface area contributed by atoms with Gasteiger partial charge in [-0.05, 0) is 37.8 Å². The molecule has 1 aliphatic rings. The van der Waals surface area contributed by atoms with Gasteiger partial charge in [-0.15, -0.1) is 6.58 Å². The molecule has 1 aliphatic heterocycles. The second kappa shape index (κ2) is 5.37. The molecule has 2 atom stereocenters. The molecule has 17 heavy (non-hydrogen) atoms. The minimum Gasteiger partial charge on any atom is -0.493 e. The van der Waals surface area contributed by atoms with Crippen LogP contribution in [0.1, 0.15) is 25.3 Å². The SMILES string of the molecule is C=C(C)CCC(N)C1COc2ccccc2C1. The van der Waals surface area contributed by atoms with Crippen LogP contribution in [0.3, 0.4) is 0 Å². The van der Waals surface area contributed by atoms with Gasteiger partial charge in [0.15, 0.2) is 0 Å². The van der Waals surface area contributed by atoms with Gasteiger partial charge in [0, 0.05) is 12.0 Å². The molecule has 2 nitrogen and oxygen atoms in total. The van der Waals surface area contributed by atoms with E-state index in [1.165, 1.54) is 11.1 Å². The molecule has 0 aliphatic carbocycles. The zero-order valence-corrected chi connectivity index (χ0v) is 10.5. The van der Waals surface area contributed by atoms with Crippen molar-refractivity contribution >= 4 is 0 Å². The van der Waals surface area contributed by atoms with Crippen molar-refractivity contribution in [3.8, 4) is 5.75 Å². The van der Waals surface area contributed by atoms with Gasteiger partial charge in [-0.1, -0.05) is 23.8 Å². The highest BCUT2D eigenvalue weighted by atomic mass is 16.5. The molecule has 0 fully saturated rings. The molecule has 2 heteroatoms. The molecule has 92 valence electrons. The first-order chi connectivity index (χ1) is 8.16. The fourth-order valence-electron chi connectivity index (χ4n) is 2.28. The molecular weight excluding hydrogens is 210 g/mol. The maximum Gasteiger partial charge on any atom is 0.122 e. The molecule has 0 saturated carbocycles. The molecule has 0 aromatic heterocycles. The Morgan fingerprint density at radius 2 is 2.29 bits per heavy atom. The lowest BCUT2D eigenvalue weighted by molar-refractivity contribution is 0.195. The number of hydrogen-bond donors (Lipinski definition) is 1. The third kappa shape index (κ3) is 3.10. The second-order valence-corrected chi connectivity index (χ2v) is 5.04. The summed E-state index contributed by atoms with van der Waals surface area (Å²) in [7, 11) is 0. The number of rotatable bonds is 4. The lowest BCUT2D eigenvalue weighted by Gasteiger charge is -2.29. The van der Waals surface area contributed by atoms with E-state index < -0.39 is 0 Å². The molecule has 1 heterocycles. The lowest BCUT2D eigenvalue weighted by Crippen LogP contribution is -2.37. The normalized spacial score (nSPS) is 20.2. The van der Waals surface area contributed by atoms with Crippen molar-refractivity contribution in [3.05, 3.63) is 42.0 Å². The first-order valence-electron chi connectivity index (χ1n) is 6.27. The summed E-state index contributed by atoms with van der Waals surface area (Å²) in [6.07, 6.45) is 3.05. The van der Waals surface area contributed by atoms with Crippen LogP contribution in [0.4, 0.5) is 0 Å². The van der Waals surface area contributed by atoms with E-state index in [9.17, 15) is 0 Å². The zero-order valence-electron chi connectivity index (χ0n) is 10.5. The average Bonchev–Trinajstić information content (AvgIpc) is 2.35. The van der Waals surface area contributed by atoms with Crippen LogP contribution < -0.4 is 10.5 Å². The van der Waals surface area contributed by atoms with Crippen LogP contribution in [0.15, 0.2) is 36.4 Å². The highest BCUT2D eigenvalue weighted by Crippen LogP contribution is 2.28. The fourth-order valence-corrected chi connectivity index (χ4v) is 2.28. The predicted molar refractivity (Wildman–Crippen MR) is 71.2 cm³/mol. The number of para-hydroxylation sites is 1. The Bertz CT molecular complexity index is 400. The highest BCUT2D eigenvalue weighted by molar-refractivity contribution is 5.35. The molecule has 1 aromatic carbocycles. The van der Waals surface area contributed by atoms with Crippen molar-refractivity contribution in [1.82, 2.24) is 0 Å². The minimum atomic E-state index is 0.208. The van der Waals surface area contributed by atoms with Crippen molar-refractivity contribution in [2.24, 2.45) is 11.7 Å². The molecule has 0 amide bonds. The average molecular weight is 231 g/mol. The third-order valence-corrected chi connectivity index (χ3v) is 3.42. The summed E-state index contributed by atoms with van der Waals surface area (Å²) >= 11 is 0. The smallest absolute Gasteiger partial charge is 0.122 e. The van der Waals surface area contributed by atoms with Gasteiger partial charge in [0.05, 0.1) is 6.61 Å². The Labute approximate surface area is 103 Å². The van der Waals surface area contributed by atoms with Crippen molar-refractivity contribution in [1.29, 1.82) is 0 Å². The fraction of sp³-hybridized carbons (Fsp3) is 0.467. The molecule has 1 aromatic rings. The van der Waals surface area contributed by atoms with E-state index in [0.717, 1.165) is 31.6 Å². The molecule has 0 bridgehead atoms. The molecule has 2 N–H and O–H groups in total. The van der Waals surface area contributed by atoms with Crippen LogP contribution in [-0.2, 0) is 6.42 Å². The van der Waals surface area contributed by atoms with E-state index >= 15 is 0 Å². The van der Waals surface area contributed by atoms with E-state index in [1.807, 2.05) is 12.1 Å². The number of ether oxygens (including phenoxy) is 1. The summed E-state index contributed by atoms with van der Waals surface area (Å²) in [6.45, 7) is 6.72. The molecule has 2 unspecified atom stereocenters. The third-order valence-electron chi connectivity index (χ3n) is 3.42. The molecule has 0 spiro atoms. The number of allylic oxidation sites excluding steroid dienone is 1. The van der Waals surface area contributed by atoms with Gasteiger partial charge in [0.2, 0.25) is 0 Å². The van der Waals surface area contributed by atoms with E-state index in [4.69, 9.17) is 10.5 Å². The van der Waals surface area contributed by atoms with Crippen molar-refractivity contribution in [2.45, 2.75) is 32.2 Å². The Morgan fingerprint density at radius 3 is 3.06 bits per heavy atom. The molecule has 0 saturated heterocycles. The standard InChI is InChI=1S/C15H21NO/c1-11(2)7-8-14(16)13-9-12-5-3-4-6-15(12)17-10-13/h3-6,13-14H,1,7-10,16H2,2H3. The van der Waals surface area contributed by atoms with Crippen LogP contribution in [0.2, 0.25) is 0 Å². The van der Waals surface area contributed by atoms with Gasteiger partial charge >= 0.3 is 0 Å². The monoisotopic (exact) mass is 231 g/mol. The molecule has 2 rings (SSSR count). The maximum absolute atomic E-state index is 6.23. The number of benzene rings is 1. The van der Waals surface area contributed by atoms with Crippen LogP contribution in [0.5, 0.6) is 5.75 Å². The van der Waals surface area contributed by atoms with E-state index in [1.54, 1.807) is 0 Å².